The number of esters is 1. The first kappa shape index (κ1) is 22.7. The van der Waals surface area contributed by atoms with Crippen LogP contribution in [0.5, 0.6) is 0 Å². The molecule has 0 fully saturated rings. The highest BCUT2D eigenvalue weighted by atomic mass is 127. The summed E-state index contributed by atoms with van der Waals surface area (Å²) in [4.78, 5) is 11.8. The second-order valence-electron chi connectivity index (χ2n) is 4.57. The molecule has 0 bridgehead atoms. The Morgan fingerprint density at radius 1 is 1.04 bits per heavy atom. The lowest BCUT2D eigenvalue weighted by Gasteiger charge is -2.35. The molecular weight excluding hydrogens is 612 g/mol. The van der Waals surface area contributed by atoms with Gasteiger partial charge in [0, 0.05) is 7.14 Å². The van der Waals surface area contributed by atoms with Gasteiger partial charge in [-0.1, -0.05) is 0 Å². The van der Waals surface area contributed by atoms with Gasteiger partial charge < -0.3 is 4.74 Å². The number of ether oxygens (including phenoxy) is 1. The van der Waals surface area contributed by atoms with E-state index >= 15 is 0 Å². The maximum atomic E-state index is 13.0. The molecule has 0 aromatic heterocycles. The van der Waals surface area contributed by atoms with E-state index in [4.69, 9.17) is 4.55 Å². The third-order valence-electron chi connectivity index (χ3n) is 2.72. The number of carbonyl (C=O) groups is 1. The number of hydrogen-bond acceptors (Lipinski definition) is 4. The highest BCUT2D eigenvalue weighted by molar-refractivity contribution is 14.1. The number of carbonyl (C=O) groups excluding carboxylic acids is 1. The van der Waals surface area contributed by atoms with Crippen LogP contribution in [0.1, 0.15) is 10.4 Å². The average molecular weight is 618 g/mol. The molecular formula is C11H6F6I2O5S. The quantitative estimate of drug-likeness (QED) is 0.241. The fourth-order valence-corrected chi connectivity index (χ4v) is 3.32. The molecule has 0 aliphatic heterocycles. The Bertz CT molecular complexity index is 760. The van der Waals surface area contributed by atoms with Crippen LogP contribution in [-0.2, 0) is 14.9 Å². The zero-order valence-electron chi connectivity index (χ0n) is 11.5. The first-order valence-corrected chi connectivity index (χ1v) is 9.54. The van der Waals surface area contributed by atoms with E-state index in [-0.39, 0.29) is 0 Å². The predicted molar refractivity (Wildman–Crippen MR) is 88.5 cm³/mol. The molecule has 0 unspecified atom stereocenters. The molecule has 14 heteroatoms. The average Bonchev–Trinajstić information content (AvgIpc) is 2.36. The van der Waals surface area contributed by atoms with Crippen molar-refractivity contribution in [1.29, 1.82) is 0 Å². The molecule has 0 aliphatic rings. The van der Waals surface area contributed by atoms with Crippen molar-refractivity contribution in [2.24, 2.45) is 0 Å². The summed E-state index contributed by atoms with van der Waals surface area (Å²) in [7, 11) is -5.81. The van der Waals surface area contributed by atoms with E-state index in [0.29, 0.717) is 7.14 Å². The van der Waals surface area contributed by atoms with Gasteiger partial charge in [-0.15, -0.1) is 0 Å². The molecule has 0 spiro atoms. The minimum Gasteiger partial charge on any atom is -0.435 e. The fraction of sp³-hybridized carbons (Fsp3) is 0.364. The molecule has 0 aliphatic carbocycles. The van der Waals surface area contributed by atoms with Gasteiger partial charge in [0.15, 0.2) is 0 Å². The van der Waals surface area contributed by atoms with Crippen LogP contribution in [0, 0.1) is 7.14 Å². The van der Waals surface area contributed by atoms with Gasteiger partial charge in [0.25, 0.3) is 10.1 Å². The molecule has 0 saturated heterocycles. The Morgan fingerprint density at radius 3 is 1.88 bits per heavy atom. The Kier molecular flexibility index (Phi) is 6.66. The second-order valence-corrected chi connectivity index (χ2v) is 8.34. The maximum Gasteiger partial charge on any atom is 0.438 e. The highest BCUT2D eigenvalue weighted by Gasteiger charge is 2.76. The summed E-state index contributed by atoms with van der Waals surface area (Å²) in [5, 5.41) is 0. The van der Waals surface area contributed by atoms with Crippen molar-refractivity contribution in [3.63, 3.8) is 0 Å². The normalized spacial score (nSPS) is 13.6. The van der Waals surface area contributed by atoms with Crippen LogP contribution in [0.25, 0.3) is 0 Å². The Balaban J connectivity index is 3.46. The van der Waals surface area contributed by atoms with Gasteiger partial charge >= 0.3 is 23.9 Å². The Morgan fingerprint density at radius 2 is 1.52 bits per heavy atom. The molecule has 5 nitrogen and oxygen atoms in total. The fourth-order valence-electron chi connectivity index (χ4n) is 1.57. The van der Waals surface area contributed by atoms with Gasteiger partial charge in [0.05, 0.1) is 5.56 Å². The van der Waals surface area contributed by atoms with Crippen molar-refractivity contribution in [3.8, 4) is 0 Å². The maximum absolute atomic E-state index is 13.0. The molecule has 0 atom stereocenters. The molecule has 25 heavy (non-hydrogen) atoms. The lowest BCUT2D eigenvalue weighted by Crippen LogP contribution is -2.63. The summed E-state index contributed by atoms with van der Waals surface area (Å²) in [6.07, 6.45) is -12.7. The van der Waals surface area contributed by atoms with E-state index in [9.17, 15) is 39.6 Å². The molecule has 1 N–H and O–H groups in total. The van der Waals surface area contributed by atoms with E-state index in [2.05, 4.69) is 4.74 Å². The number of halogens is 8. The van der Waals surface area contributed by atoms with Crippen LogP contribution in [0.2, 0.25) is 0 Å². The summed E-state index contributed by atoms with van der Waals surface area (Å²) in [5.41, 5.74) is -6.07. The molecule has 1 aromatic rings. The van der Waals surface area contributed by atoms with Gasteiger partial charge in [-0.05, 0) is 63.4 Å². The summed E-state index contributed by atoms with van der Waals surface area (Å²) in [5.74, 6) is -4.96. The van der Waals surface area contributed by atoms with Crippen molar-refractivity contribution >= 4 is 61.3 Å². The largest absolute Gasteiger partial charge is 0.438 e. The molecule has 0 heterocycles. The molecule has 142 valence electrons. The smallest absolute Gasteiger partial charge is 0.435 e. The van der Waals surface area contributed by atoms with E-state index < -0.39 is 45.4 Å². The third kappa shape index (κ3) is 5.31. The molecule has 0 radical (unpaired) electrons. The number of benzene rings is 1. The van der Waals surface area contributed by atoms with Gasteiger partial charge in [-0.25, -0.2) is 4.79 Å². The minimum atomic E-state index is -6.35. The first-order valence-electron chi connectivity index (χ1n) is 5.77. The summed E-state index contributed by atoms with van der Waals surface area (Å²) in [6.45, 7) is 0. The number of rotatable bonds is 4. The molecule has 1 rings (SSSR count). The van der Waals surface area contributed by atoms with E-state index in [0.717, 1.165) is 12.1 Å². The monoisotopic (exact) mass is 618 g/mol. The standard InChI is InChI=1S/C11H6F6I2O5S/c12-10(13,14)9(11(15,16)17,4-25(21,22)23)24-8(20)5-1-2-6(18)7(19)3-5/h1-3H,4H2,(H,21,22,23). The van der Waals surface area contributed by atoms with Crippen molar-refractivity contribution in [1.82, 2.24) is 0 Å². The number of hydrogen-bond donors (Lipinski definition) is 1. The summed E-state index contributed by atoms with van der Waals surface area (Å²) in [6, 6.07) is 3.12. The van der Waals surface area contributed by atoms with Gasteiger partial charge in [0.1, 0.15) is 5.75 Å². The van der Waals surface area contributed by atoms with E-state index in [1.54, 1.807) is 45.2 Å². The first-order chi connectivity index (χ1) is 11.0. The topological polar surface area (TPSA) is 80.7 Å². The van der Waals surface area contributed by atoms with Crippen LogP contribution in [0.15, 0.2) is 18.2 Å². The molecule has 1 aromatic carbocycles. The Hall–Kier alpha value is -0.360. The van der Waals surface area contributed by atoms with Crippen LogP contribution in [-0.4, -0.2) is 42.6 Å². The summed E-state index contributed by atoms with van der Waals surface area (Å²) < 4.78 is 113. The lowest BCUT2D eigenvalue weighted by molar-refractivity contribution is -0.356. The van der Waals surface area contributed by atoms with Gasteiger partial charge in [0.2, 0.25) is 0 Å². The minimum absolute atomic E-state index is 0.340. The predicted octanol–water partition coefficient (Wildman–Crippen LogP) is 3.80. The zero-order chi connectivity index (χ0) is 19.8. The van der Waals surface area contributed by atoms with Crippen LogP contribution in [0.3, 0.4) is 0 Å². The van der Waals surface area contributed by atoms with Crippen LogP contribution >= 0.6 is 45.2 Å². The van der Waals surface area contributed by atoms with Crippen molar-refractivity contribution in [3.05, 3.63) is 30.9 Å². The van der Waals surface area contributed by atoms with E-state index in [1.165, 1.54) is 6.07 Å². The third-order valence-corrected chi connectivity index (χ3v) is 6.36. The van der Waals surface area contributed by atoms with Gasteiger partial charge in [-0.2, -0.15) is 34.8 Å². The molecule has 0 amide bonds. The summed E-state index contributed by atoms with van der Waals surface area (Å²) >= 11 is 3.48. The van der Waals surface area contributed by atoms with Crippen LogP contribution < -0.4 is 0 Å². The second kappa shape index (κ2) is 7.34. The SMILES string of the molecule is O=C(OC(CS(=O)(=O)O)(C(F)(F)F)C(F)(F)F)c1ccc(I)c(I)c1. The number of alkyl halides is 6. The van der Waals surface area contributed by atoms with Crippen molar-refractivity contribution < 1.29 is 48.8 Å². The molecule has 0 saturated carbocycles. The van der Waals surface area contributed by atoms with Crippen molar-refractivity contribution in [2.75, 3.05) is 5.75 Å². The zero-order valence-corrected chi connectivity index (χ0v) is 16.6. The van der Waals surface area contributed by atoms with Gasteiger partial charge in [-0.3, -0.25) is 4.55 Å². The van der Waals surface area contributed by atoms with Crippen molar-refractivity contribution in [2.45, 2.75) is 18.0 Å². The van der Waals surface area contributed by atoms with Crippen LogP contribution in [0.4, 0.5) is 26.3 Å². The Labute approximate surface area is 164 Å². The highest BCUT2D eigenvalue weighted by Crippen LogP contribution is 2.47. The van der Waals surface area contributed by atoms with E-state index in [1.807, 2.05) is 0 Å². The lowest BCUT2D eigenvalue weighted by atomic mass is 10.1.